The molecule has 3 aromatic rings. The van der Waals surface area contributed by atoms with Gasteiger partial charge in [0.1, 0.15) is 5.58 Å². The van der Waals surface area contributed by atoms with E-state index in [4.69, 9.17) is 4.42 Å². The van der Waals surface area contributed by atoms with Crippen molar-refractivity contribution in [2.75, 3.05) is 38.5 Å². The third-order valence-corrected chi connectivity index (χ3v) is 5.52. The van der Waals surface area contributed by atoms with E-state index < -0.39 is 5.63 Å². The normalized spacial score (nSPS) is 14.6. The number of rotatable bonds is 4. The minimum atomic E-state index is -0.485. The van der Waals surface area contributed by atoms with E-state index in [9.17, 15) is 14.4 Å². The second-order valence-electron chi connectivity index (χ2n) is 7.99. The number of likely N-dealkylation sites (N-methyl/N-ethyl adjacent to an activating group) is 1. The van der Waals surface area contributed by atoms with Gasteiger partial charge in [0, 0.05) is 48.9 Å². The van der Waals surface area contributed by atoms with Crippen molar-refractivity contribution >= 4 is 28.5 Å². The average Bonchev–Trinajstić information content (AvgIpc) is 2.73. The minimum absolute atomic E-state index is 0.0296. The van der Waals surface area contributed by atoms with E-state index >= 15 is 0 Å². The van der Waals surface area contributed by atoms with Crippen LogP contribution in [0.25, 0.3) is 11.0 Å². The lowest BCUT2D eigenvalue weighted by molar-refractivity contribution is -0.115. The molecular formula is C24H25N3O4. The second kappa shape index (κ2) is 8.73. The monoisotopic (exact) mass is 419 g/mol. The molecule has 1 fully saturated rings. The van der Waals surface area contributed by atoms with Gasteiger partial charge in [0.05, 0.1) is 6.42 Å². The first-order valence-electron chi connectivity index (χ1n) is 10.3. The van der Waals surface area contributed by atoms with Crippen LogP contribution in [0, 0.1) is 6.92 Å². The number of piperazine rings is 1. The molecule has 31 heavy (non-hydrogen) atoms. The predicted octanol–water partition coefficient (Wildman–Crippen LogP) is 2.67. The summed E-state index contributed by atoms with van der Waals surface area (Å²) in [4.78, 5) is 41.4. The van der Waals surface area contributed by atoms with Gasteiger partial charge in [0.25, 0.3) is 5.91 Å². The number of nitrogens with zero attached hydrogens (tertiary/aromatic N) is 2. The molecule has 2 aromatic carbocycles. The first-order valence-corrected chi connectivity index (χ1v) is 10.3. The number of nitrogens with one attached hydrogen (secondary N) is 1. The van der Waals surface area contributed by atoms with Gasteiger partial charge in [-0.2, -0.15) is 0 Å². The number of hydrogen-bond donors (Lipinski definition) is 1. The molecule has 1 aliphatic rings. The molecule has 7 heteroatoms. The standard InChI is InChI=1S/C24H25N3O4/c1-16-6-7-20-18(15-23(29)31-21(20)12-16)14-22(28)25-19-5-3-4-17(13-19)24(30)27-10-8-26(2)9-11-27/h3-7,12-13,15H,8-11,14H2,1-2H3,(H,25,28). The number of carbonyl (C=O) groups excluding carboxylic acids is 2. The SMILES string of the molecule is Cc1ccc2c(CC(=O)Nc3cccc(C(=O)N4CCN(C)CC4)c3)cc(=O)oc2c1. The molecule has 160 valence electrons. The highest BCUT2D eigenvalue weighted by molar-refractivity contribution is 5.98. The van der Waals surface area contributed by atoms with Crippen molar-refractivity contribution < 1.29 is 14.0 Å². The molecule has 0 spiro atoms. The smallest absolute Gasteiger partial charge is 0.336 e. The average molecular weight is 419 g/mol. The van der Waals surface area contributed by atoms with Crippen LogP contribution in [-0.2, 0) is 11.2 Å². The lowest BCUT2D eigenvalue weighted by Gasteiger charge is -2.32. The molecule has 1 saturated heterocycles. The summed E-state index contributed by atoms with van der Waals surface area (Å²) in [6, 6.07) is 13.9. The zero-order valence-corrected chi connectivity index (χ0v) is 17.7. The molecule has 4 rings (SSSR count). The predicted molar refractivity (Wildman–Crippen MR) is 119 cm³/mol. The van der Waals surface area contributed by atoms with Gasteiger partial charge in [0.15, 0.2) is 0 Å². The maximum atomic E-state index is 12.8. The molecule has 0 aliphatic carbocycles. The lowest BCUT2D eigenvalue weighted by Crippen LogP contribution is -2.47. The molecule has 2 heterocycles. The number of amides is 2. The summed E-state index contributed by atoms with van der Waals surface area (Å²) < 4.78 is 5.26. The fourth-order valence-corrected chi connectivity index (χ4v) is 3.78. The third-order valence-electron chi connectivity index (χ3n) is 5.52. The zero-order chi connectivity index (χ0) is 22.0. The molecule has 1 aromatic heterocycles. The Morgan fingerprint density at radius 1 is 1.03 bits per heavy atom. The van der Waals surface area contributed by atoms with Crippen LogP contribution >= 0.6 is 0 Å². The quantitative estimate of drug-likeness (QED) is 0.658. The zero-order valence-electron chi connectivity index (χ0n) is 17.7. The topological polar surface area (TPSA) is 82.9 Å². The van der Waals surface area contributed by atoms with E-state index in [-0.39, 0.29) is 18.2 Å². The van der Waals surface area contributed by atoms with Crippen molar-refractivity contribution in [3.63, 3.8) is 0 Å². The Morgan fingerprint density at radius 2 is 1.81 bits per heavy atom. The summed E-state index contributed by atoms with van der Waals surface area (Å²) >= 11 is 0. The summed E-state index contributed by atoms with van der Waals surface area (Å²) in [5.41, 5.74) is 2.65. The lowest BCUT2D eigenvalue weighted by atomic mass is 10.1. The van der Waals surface area contributed by atoms with Crippen LogP contribution < -0.4 is 10.9 Å². The number of hydrogen-bond acceptors (Lipinski definition) is 5. The Hall–Kier alpha value is -3.45. The van der Waals surface area contributed by atoms with Crippen LogP contribution in [0.1, 0.15) is 21.5 Å². The highest BCUT2D eigenvalue weighted by Gasteiger charge is 2.20. The van der Waals surface area contributed by atoms with Crippen LogP contribution in [0.2, 0.25) is 0 Å². The molecule has 7 nitrogen and oxygen atoms in total. The highest BCUT2D eigenvalue weighted by atomic mass is 16.4. The Labute approximate surface area is 180 Å². The minimum Gasteiger partial charge on any atom is -0.423 e. The van der Waals surface area contributed by atoms with Crippen LogP contribution in [0.4, 0.5) is 5.69 Å². The van der Waals surface area contributed by atoms with Gasteiger partial charge in [-0.05, 0) is 49.4 Å². The largest absolute Gasteiger partial charge is 0.423 e. The summed E-state index contributed by atoms with van der Waals surface area (Å²) in [5, 5.41) is 3.58. The van der Waals surface area contributed by atoms with Crippen LogP contribution in [0.5, 0.6) is 0 Å². The second-order valence-corrected chi connectivity index (χ2v) is 7.99. The maximum Gasteiger partial charge on any atom is 0.336 e. The van der Waals surface area contributed by atoms with Crippen molar-refractivity contribution in [1.82, 2.24) is 9.80 Å². The van der Waals surface area contributed by atoms with E-state index in [0.29, 0.717) is 35.5 Å². The van der Waals surface area contributed by atoms with Gasteiger partial charge in [-0.1, -0.05) is 18.2 Å². The van der Waals surface area contributed by atoms with E-state index in [1.54, 1.807) is 30.3 Å². The highest BCUT2D eigenvalue weighted by Crippen LogP contribution is 2.20. The number of fused-ring (bicyclic) bond motifs is 1. The van der Waals surface area contributed by atoms with Crippen molar-refractivity contribution in [3.8, 4) is 0 Å². The number of aryl methyl sites for hydroxylation is 1. The molecule has 0 bridgehead atoms. The van der Waals surface area contributed by atoms with Crippen molar-refractivity contribution in [2.24, 2.45) is 0 Å². The van der Waals surface area contributed by atoms with Gasteiger partial charge in [-0.15, -0.1) is 0 Å². The van der Waals surface area contributed by atoms with Gasteiger partial charge >= 0.3 is 5.63 Å². The number of benzene rings is 2. The fraction of sp³-hybridized carbons (Fsp3) is 0.292. The molecule has 0 saturated carbocycles. The Morgan fingerprint density at radius 3 is 2.58 bits per heavy atom. The maximum absolute atomic E-state index is 12.8. The fourth-order valence-electron chi connectivity index (χ4n) is 3.78. The summed E-state index contributed by atoms with van der Waals surface area (Å²) in [6.45, 7) is 4.99. The molecule has 1 aliphatic heterocycles. The van der Waals surface area contributed by atoms with Crippen molar-refractivity contribution in [2.45, 2.75) is 13.3 Å². The van der Waals surface area contributed by atoms with E-state index in [1.165, 1.54) is 6.07 Å². The Balaban J connectivity index is 1.48. The van der Waals surface area contributed by atoms with Gasteiger partial charge in [-0.25, -0.2) is 4.79 Å². The molecule has 0 atom stereocenters. The van der Waals surface area contributed by atoms with Gasteiger partial charge in [-0.3, -0.25) is 9.59 Å². The van der Waals surface area contributed by atoms with Gasteiger partial charge < -0.3 is 19.5 Å². The summed E-state index contributed by atoms with van der Waals surface area (Å²) in [5.74, 6) is -0.303. The molecular weight excluding hydrogens is 394 g/mol. The molecule has 1 N–H and O–H groups in total. The van der Waals surface area contributed by atoms with Crippen molar-refractivity contribution in [1.29, 1.82) is 0 Å². The first kappa shape index (κ1) is 20.8. The van der Waals surface area contributed by atoms with Crippen LogP contribution in [0.15, 0.2) is 57.7 Å². The summed E-state index contributed by atoms with van der Waals surface area (Å²) in [7, 11) is 2.04. The molecule has 0 unspecified atom stereocenters. The van der Waals surface area contributed by atoms with E-state index in [2.05, 4.69) is 10.2 Å². The van der Waals surface area contributed by atoms with E-state index in [0.717, 1.165) is 24.0 Å². The summed E-state index contributed by atoms with van der Waals surface area (Å²) in [6.07, 6.45) is 0.0296. The van der Waals surface area contributed by atoms with Crippen LogP contribution in [0.3, 0.4) is 0 Å². The number of carbonyl (C=O) groups is 2. The van der Waals surface area contributed by atoms with Crippen LogP contribution in [-0.4, -0.2) is 54.8 Å². The Bertz CT molecular complexity index is 1190. The first-order chi connectivity index (χ1) is 14.9. The Kier molecular flexibility index (Phi) is 5.86. The molecule has 0 radical (unpaired) electrons. The number of anilines is 1. The van der Waals surface area contributed by atoms with Crippen molar-refractivity contribution in [3.05, 3.63) is 75.6 Å². The third kappa shape index (κ3) is 4.83. The van der Waals surface area contributed by atoms with Gasteiger partial charge in [0.2, 0.25) is 5.91 Å². The molecule has 2 amide bonds. The van der Waals surface area contributed by atoms with E-state index in [1.807, 2.05) is 31.0 Å².